The fourth-order valence-corrected chi connectivity index (χ4v) is 10.9. The number of nitrogens with zero attached hydrogens (tertiary/aromatic N) is 4. The highest BCUT2D eigenvalue weighted by molar-refractivity contribution is 6.25. The van der Waals surface area contributed by atoms with Gasteiger partial charge in [0.15, 0.2) is 17.5 Å². The Labute approximate surface area is 362 Å². The molecule has 5 heteroatoms. The van der Waals surface area contributed by atoms with Crippen molar-refractivity contribution in [1.82, 2.24) is 19.5 Å². The maximum atomic E-state index is 7.40. The van der Waals surface area contributed by atoms with Gasteiger partial charge in [-0.3, -0.25) is 0 Å². The monoisotopic (exact) mass is 802 g/mol. The van der Waals surface area contributed by atoms with Crippen LogP contribution in [0.2, 0.25) is 0 Å². The second-order valence-electron chi connectivity index (χ2n) is 16.6. The first-order valence-corrected chi connectivity index (χ1v) is 21.4. The summed E-state index contributed by atoms with van der Waals surface area (Å²) in [4.78, 5) is 15.4. The van der Waals surface area contributed by atoms with Crippen LogP contribution in [0.3, 0.4) is 0 Å². The molecule has 2 aliphatic carbocycles. The maximum absolute atomic E-state index is 7.40. The standard InChI is InChI=1S/C58H34N4O/c1-4-16-35(17-5-1)55-59-56(36-18-6-2-7-19-36)61-57(60-55)37-28-29-43-48(34-37)58(45-25-13-10-22-39(45)40-23-11-14-26-46(40)58)47-32-30-41-42-31-33-50-52(54(42)63-53(41)51(43)47)44-24-12-15-27-49(44)62(50)38-20-8-3-9-21-38/h1-34H. The van der Waals surface area contributed by atoms with Gasteiger partial charge in [0.2, 0.25) is 0 Å². The van der Waals surface area contributed by atoms with Crippen LogP contribution >= 0.6 is 0 Å². The highest BCUT2D eigenvalue weighted by Crippen LogP contribution is 2.64. The predicted molar refractivity (Wildman–Crippen MR) is 254 cm³/mol. The Hall–Kier alpha value is -8.41. The van der Waals surface area contributed by atoms with Gasteiger partial charge in [0.05, 0.1) is 21.8 Å². The second-order valence-corrected chi connectivity index (χ2v) is 16.6. The van der Waals surface area contributed by atoms with Crippen molar-refractivity contribution < 1.29 is 4.42 Å². The largest absolute Gasteiger partial charge is 0.455 e. The lowest BCUT2D eigenvalue weighted by molar-refractivity contribution is 0.673. The number of furan rings is 1. The van der Waals surface area contributed by atoms with Gasteiger partial charge in [0.1, 0.15) is 11.2 Å². The lowest BCUT2D eigenvalue weighted by atomic mass is 9.70. The van der Waals surface area contributed by atoms with E-state index in [1.54, 1.807) is 0 Å². The third-order valence-corrected chi connectivity index (χ3v) is 13.5. The van der Waals surface area contributed by atoms with Gasteiger partial charge >= 0.3 is 0 Å². The Morgan fingerprint density at radius 1 is 0.365 bits per heavy atom. The molecule has 3 heterocycles. The fourth-order valence-electron chi connectivity index (χ4n) is 10.9. The lowest BCUT2D eigenvalue weighted by Crippen LogP contribution is -2.25. The quantitative estimate of drug-likeness (QED) is 0.178. The van der Waals surface area contributed by atoms with Crippen molar-refractivity contribution in [2.45, 2.75) is 5.41 Å². The molecule has 63 heavy (non-hydrogen) atoms. The SMILES string of the molecule is c1ccc(-c2nc(-c3ccccc3)nc(-c3ccc4c(c3)C3(c5ccccc5-c5ccccc53)c3ccc5c(oc6c5ccc5c6c6ccccc6n5-c5ccccc5)c3-4)n2)cc1. The summed E-state index contributed by atoms with van der Waals surface area (Å²) in [6, 6.07) is 73.5. The minimum Gasteiger partial charge on any atom is -0.455 e. The Bertz CT molecular complexity index is 3750. The second kappa shape index (κ2) is 12.8. The summed E-state index contributed by atoms with van der Waals surface area (Å²) >= 11 is 0. The molecule has 0 bridgehead atoms. The molecule has 1 spiro atoms. The molecule has 0 radical (unpaired) electrons. The van der Waals surface area contributed by atoms with Crippen molar-refractivity contribution in [2.24, 2.45) is 0 Å². The summed E-state index contributed by atoms with van der Waals surface area (Å²) in [6.45, 7) is 0. The number of benzene rings is 9. The molecule has 292 valence electrons. The van der Waals surface area contributed by atoms with E-state index < -0.39 is 5.41 Å². The molecule has 0 fully saturated rings. The van der Waals surface area contributed by atoms with Crippen LogP contribution in [-0.2, 0) is 5.41 Å². The van der Waals surface area contributed by atoms with Crippen molar-refractivity contribution in [3.8, 4) is 62.1 Å². The van der Waals surface area contributed by atoms with Gasteiger partial charge in [0, 0.05) is 44.1 Å². The molecule has 12 aromatic rings. The van der Waals surface area contributed by atoms with Gasteiger partial charge in [-0.15, -0.1) is 0 Å². The Morgan fingerprint density at radius 2 is 0.921 bits per heavy atom. The minimum absolute atomic E-state index is 0.614. The van der Waals surface area contributed by atoms with E-state index in [4.69, 9.17) is 19.4 Å². The van der Waals surface area contributed by atoms with E-state index in [1.165, 1.54) is 38.8 Å². The lowest BCUT2D eigenvalue weighted by Gasteiger charge is -2.30. The first-order chi connectivity index (χ1) is 31.3. The number of aromatic nitrogens is 4. The summed E-state index contributed by atoms with van der Waals surface area (Å²) < 4.78 is 9.75. The van der Waals surface area contributed by atoms with Crippen LogP contribution in [0.15, 0.2) is 211 Å². The number of para-hydroxylation sites is 2. The van der Waals surface area contributed by atoms with Crippen molar-refractivity contribution in [1.29, 1.82) is 0 Å². The Morgan fingerprint density at radius 3 is 1.60 bits per heavy atom. The summed E-state index contributed by atoms with van der Waals surface area (Å²) in [7, 11) is 0. The van der Waals surface area contributed by atoms with Crippen molar-refractivity contribution in [3.63, 3.8) is 0 Å². The molecule has 14 rings (SSSR count). The zero-order chi connectivity index (χ0) is 41.2. The van der Waals surface area contributed by atoms with Gasteiger partial charge in [-0.05, 0) is 75.3 Å². The molecule has 3 aromatic heterocycles. The molecule has 9 aromatic carbocycles. The minimum atomic E-state index is -0.614. The number of hydrogen-bond acceptors (Lipinski definition) is 4. The Balaban J connectivity index is 1.07. The zero-order valence-electron chi connectivity index (χ0n) is 33.8. The summed E-state index contributed by atoms with van der Waals surface area (Å²) in [5.41, 5.74) is 17.1. The van der Waals surface area contributed by atoms with Gasteiger partial charge < -0.3 is 8.98 Å². The van der Waals surface area contributed by atoms with Gasteiger partial charge in [-0.1, -0.05) is 170 Å². The fraction of sp³-hybridized carbons (Fsp3) is 0.0172. The smallest absolute Gasteiger partial charge is 0.164 e. The Kier molecular flexibility index (Phi) is 6.97. The average molecular weight is 803 g/mol. The molecule has 0 atom stereocenters. The third-order valence-electron chi connectivity index (χ3n) is 13.5. The maximum Gasteiger partial charge on any atom is 0.164 e. The van der Waals surface area contributed by atoms with E-state index in [2.05, 4.69) is 174 Å². The van der Waals surface area contributed by atoms with Crippen LogP contribution in [0.5, 0.6) is 0 Å². The highest BCUT2D eigenvalue weighted by atomic mass is 16.3. The topological polar surface area (TPSA) is 56.7 Å². The first kappa shape index (κ1) is 34.3. The predicted octanol–water partition coefficient (Wildman–Crippen LogP) is 14.2. The molecule has 0 saturated heterocycles. The van der Waals surface area contributed by atoms with E-state index in [1.807, 2.05) is 36.4 Å². The van der Waals surface area contributed by atoms with E-state index in [-0.39, 0.29) is 0 Å². The van der Waals surface area contributed by atoms with Crippen molar-refractivity contribution in [3.05, 3.63) is 229 Å². The molecule has 5 nitrogen and oxygen atoms in total. The molecule has 0 N–H and O–H groups in total. The molecule has 0 aliphatic heterocycles. The van der Waals surface area contributed by atoms with Crippen molar-refractivity contribution >= 4 is 43.7 Å². The van der Waals surface area contributed by atoms with Crippen LogP contribution in [-0.4, -0.2) is 19.5 Å². The van der Waals surface area contributed by atoms with Crippen molar-refractivity contribution in [2.75, 3.05) is 0 Å². The molecule has 0 unspecified atom stereocenters. The molecule has 0 saturated carbocycles. The van der Waals surface area contributed by atoms with Crippen LogP contribution in [0.4, 0.5) is 0 Å². The zero-order valence-corrected chi connectivity index (χ0v) is 33.8. The number of rotatable bonds is 4. The third kappa shape index (κ3) is 4.63. The molecular weight excluding hydrogens is 769 g/mol. The van der Waals surface area contributed by atoms with Gasteiger partial charge in [-0.2, -0.15) is 0 Å². The van der Waals surface area contributed by atoms with Crippen LogP contribution in [0.25, 0.3) is 106 Å². The average Bonchev–Trinajstić information content (AvgIpc) is 4.08. The molecular formula is C58H34N4O. The normalized spacial score (nSPS) is 13.2. The summed E-state index contributed by atoms with van der Waals surface area (Å²) in [5, 5.41) is 4.50. The number of hydrogen-bond donors (Lipinski definition) is 0. The summed E-state index contributed by atoms with van der Waals surface area (Å²) in [5.74, 6) is 1.90. The van der Waals surface area contributed by atoms with Crippen LogP contribution < -0.4 is 0 Å². The van der Waals surface area contributed by atoms with E-state index >= 15 is 0 Å². The number of fused-ring (bicyclic) bond motifs is 18. The van der Waals surface area contributed by atoms with E-state index in [9.17, 15) is 0 Å². The summed E-state index contributed by atoms with van der Waals surface area (Å²) in [6.07, 6.45) is 0. The van der Waals surface area contributed by atoms with Crippen LogP contribution in [0.1, 0.15) is 22.3 Å². The van der Waals surface area contributed by atoms with E-state index in [0.29, 0.717) is 17.5 Å². The molecule has 2 aliphatic rings. The highest BCUT2D eigenvalue weighted by Gasteiger charge is 2.52. The van der Waals surface area contributed by atoms with Gasteiger partial charge in [-0.25, -0.2) is 15.0 Å². The molecule has 0 amide bonds. The first-order valence-electron chi connectivity index (χ1n) is 21.4. The van der Waals surface area contributed by atoms with Gasteiger partial charge in [0.25, 0.3) is 0 Å². The van der Waals surface area contributed by atoms with Crippen LogP contribution in [0, 0.1) is 0 Å². The van der Waals surface area contributed by atoms with E-state index in [0.717, 1.165) is 71.9 Å².